The van der Waals surface area contributed by atoms with E-state index in [1.807, 2.05) is 0 Å². The van der Waals surface area contributed by atoms with Crippen LogP contribution in [0.2, 0.25) is 8.67 Å². The van der Waals surface area contributed by atoms with Crippen LogP contribution in [0.4, 0.5) is 0 Å². The van der Waals surface area contributed by atoms with E-state index in [1.54, 1.807) is 6.07 Å². The van der Waals surface area contributed by atoms with Crippen molar-refractivity contribution in [2.75, 3.05) is 0 Å². The quantitative estimate of drug-likeness (QED) is 0.935. The van der Waals surface area contributed by atoms with Crippen LogP contribution in [-0.4, -0.2) is 16.2 Å². The molecule has 2 aromatic heterocycles. The van der Waals surface area contributed by atoms with Gasteiger partial charge < -0.3 is 9.84 Å². The molecule has 0 saturated heterocycles. The number of thiophene rings is 1. The van der Waals surface area contributed by atoms with E-state index in [9.17, 15) is 0 Å². The fraction of sp³-hybridized carbons (Fsp3) is 0.400. The van der Waals surface area contributed by atoms with Crippen molar-refractivity contribution in [3.63, 3.8) is 0 Å². The molecule has 0 atom stereocenters. The van der Waals surface area contributed by atoms with Crippen molar-refractivity contribution in [1.29, 1.82) is 0 Å². The predicted molar refractivity (Wildman–Crippen MR) is 69.6 cm³/mol. The number of aromatic nitrogens is 2. The van der Waals surface area contributed by atoms with Gasteiger partial charge in [0.25, 0.3) is 5.89 Å². The van der Waals surface area contributed by atoms with Crippen molar-refractivity contribution in [2.45, 2.75) is 26.4 Å². The molecule has 0 aliphatic heterocycles. The maximum Gasteiger partial charge on any atom is 0.260 e. The minimum atomic E-state index is 0.371. The Morgan fingerprint density at radius 1 is 1.47 bits per heavy atom. The van der Waals surface area contributed by atoms with Crippen LogP contribution in [-0.2, 0) is 6.54 Å². The lowest BCUT2D eigenvalue weighted by Gasteiger charge is -2.03. The molecule has 0 amide bonds. The molecule has 2 rings (SSSR count). The van der Waals surface area contributed by atoms with Gasteiger partial charge in [0.15, 0.2) is 5.82 Å². The Balaban J connectivity index is 2.15. The molecule has 0 aliphatic carbocycles. The van der Waals surface area contributed by atoms with Gasteiger partial charge >= 0.3 is 0 Å². The number of nitrogens with zero attached hydrogens (tertiary/aromatic N) is 2. The molecule has 0 radical (unpaired) electrons. The van der Waals surface area contributed by atoms with Gasteiger partial charge in [-0.15, -0.1) is 11.3 Å². The number of hydrogen-bond acceptors (Lipinski definition) is 5. The SMILES string of the molecule is CC(C)NCc1noc(-c2cc(Cl)sc2Cl)n1. The normalized spacial score (nSPS) is 11.4. The first kappa shape index (κ1) is 12.8. The van der Waals surface area contributed by atoms with E-state index >= 15 is 0 Å². The molecular formula is C10H11Cl2N3OS. The van der Waals surface area contributed by atoms with Crippen molar-refractivity contribution in [1.82, 2.24) is 15.5 Å². The molecule has 0 aliphatic rings. The van der Waals surface area contributed by atoms with E-state index < -0.39 is 0 Å². The molecule has 0 saturated carbocycles. The maximum absolute atomic E-state index is 6.01. The van der Waals surface area contributed by atoms with Crippen molar-refractivity contribution < 1.29 is 4.52 Å². The molecule has 0 spiro atoms. The molecule has 2 aromatic rings. The summed E-state index contributed by atoms with van der Waals surface area (Å²) < 4.78 is 6.30. The van der Waals surface area contributed by atoms with Gasteiger partial charge in [-0.25, -0.2) is 0 Å². The molecule has 0 bridgehead atoms. The van der Waals surface area contributed by atoms with Crippen LogP contribution in [0.25, 0.3) is 11.5 Å². The molecule has 4 nitrogen and oxygen atoms in total. The summed E-state index contributed by atoms with van der Waals surface area (Å²) in [5, 5.41) is 7.07. The number of halogens is 2. The summed E-state index contributed by atoms with van der Waals surface area (Å²) in [4.78, 5) is 4.25. The van der Waals surface area contributed by atoms with Crippen LogP contribution in [0, 0.1) is 0 Å². The third-order valence-electron chi connectivity index (χ3n) is 2.02. The topological polar surface area (TPSA) is 51.0 Å². The summed E-state index contributed by atoms with van der Waals surface area (Å²) in [6, 6.07) is 2.10. The third kappa shape index (κ3) is 3.19. The summed E-state index contributed by atoms with van der Waals surface area (Å²) in [6.45, 7) is 4.67. The predicted octanol–water partition coefficient (Wildman–Crippen LogP) is 3.60. The van der Waals surface area contributed by atoms with E-state index in [-0.39, 0.29) is 0 Å². The Morgan fingerprint density at radius 3 is 2.82 bits per heavy atom. The molecule has 0 aromatic carbocycles. The fourth-order valence-corrected chi connectivity index (χ4v) is 2.66. The average Bonchev–Trinajstić information content (AvgIpc) is 2.82. The average molecular weight is 292 g/mol. The molecule has 0 unspecified atom stereocenters. The van der Waals surface area contributed by atoms with Gasteiger partial charge in [0, 0.05) is 6.04 Å². The second-order valence-corrected chi connectivity index (χ2v) is 6.07. The lowest BCUT2D eigenvalue weighted by molar-refractivity contribution is 0.417. The van der Waals surface area contributed by atoms with Crippen LogP contribution in [0.1, 0.15) is 19.7 Å². The summed E-state index contributed by atoms with van der Waals surface area (Å²) in [7, 11) is 0. The minimum absolute atomic E-state index is 0.371. The highest BCUT2D eigenvalue weighted by Gasteiger charge is 2.15. The lowest BCUT2D eigenvalue weighted by Crippen LogP contribution is -2.22. The zero-order chi connectivity index (χ0) is 12.4. The number of nitrogens with one attached hydrogen (secondary N) is 1. The second-order valence-electron chi connectivity index (χ2n) is 3.79. The summed E-state index contributed by atoms with van der Waals surface area (Å²) >= 11 is 13.1. The van der Waals surface area contributed by atoms with Gasteiger partial charge in [-0.3, -0.25) is 0 Å². The zero-order valence-electron chi connectivity index (χ0n) is 9.33. The molecule has 0 fully saturated rings. The summed E-state index contributed by atoms with van der Waals surface area (Å²) in [6.07, 6.45) is 0. The van der Waals surface area contributed by atoms with Gasteiger partial charge in [-0.05, 0) is 6.07 Å². The van der Waals surface area contributed by atoms with Gasteiger partial charge in [0.05, 0.1) is 16.4 Å². The van der Waals surface area contributed by atoms with E-state index in [0.29, 0.717) is 38.5 Å². The number of hydrogen-bond donors (Lipinski definition) is 1. The van der Waals surface area contributed by atoms with Crippen LogP contribution >= 0.6 is 34.5 Å². The first-order chi connectivity index (χ1) is 8.06. The third-order valence-corrected chi connectivity index (χ3v) is 3.51. The molecule has 17 heavy (non-hydrogen) atoms. The monoisotopic (exact) mass is 291 g/mol. The molecule has 1 N–H and O–H groups in total. The second kappa shape index (κ2) is 5.35. The van der Waals surface area contributed by atoms with E-state index in [4.69, 9.17) is 27.7 Å². The van der Waals surface area contributed by atoms with Crippen molar-refractivity contribution >= 4 is 34.5 Å². The van der Waals surface area contributed by atoms with Crippen LogP contribution in [0.15, 0.2) is 10.6 Å². The summed E-state index contributed by atoms with van der Waals surface area (Å²) in [5.41, 5.74) is 0.685. The Labute approximate surface area is 113 Å². The van der Waals surface area contributed by atoms with Gasteiger partial charge in [-0.2, -0.15) is 4.98 Å². The first-order valence-electron chi connectivity index (χ1n) is 5.07. The fourth-order valence-electron chi connectivity index (χ4n) is 1.22. The van der Waals surface area contributed by atoms with Crippen molar-refractivity contribution in [3.05, 3.63) is 20.6 Å². The highest BCUT2D eigenvalue weighted by molar-refractivity contribution is 7.20. The zero-order valence-corrected chi connectivity index (χ0v) is 11.7. The highest BCUT2D eigenvalue weighted by Crippen LogP contribution is 2.37. The number of rotatable bonds is 4. The Hall–Kier alpha value is -0.620. The summed E-state index contributed by atoms with van der Waals surface area (Å²) in [5.74, 6) is 1.01. The van der Waals surface area contributed by atoms with E-state index in [1.165, 1.54) is 11.3 Å². The van der Waals surface area contributed by atoms with Crippen molar-refractivity contribution in [3.8, 4) is 11.5 Å². The molecule has 2 heterocycles. The maximum atomic E-state index is 6.01. The van der Waals surface area contributed by atoms with Crippen LogP contribution in [0.3, 0.4) is 0 Å². The van der Waals surface area contributed by atoms with Gasteiger partial charge in [0.1, 0.15) is 4.34 Å². The molecule has 92 valence electrons. The van der Waals surface area contributed by atoms with Crippen LogP contribution in [0.5, 0.6) is 0 Å². The first-order valence-corrected chi connectivity index (χ1v) is 6.64. The highest BCUT2D eigenvalue weighted by atomic mass is 35.5. The Bertz CT molecular complexity index is 509. The van der Waals surface area contributed by atoms with E-state index in [0.717, 1.165) is 0 Å². The minimum Gasteiger partial charge on any atom is -0.334 e. The Morgan fingerprint density at radius 2 is 2.24 bits per heavy atom. The van der Waals surface area contributed by atoms with Crippen molar-refractivity contribution in [2.24, 2.45) is 0 Å². The largest absolute Gasteiger partial charge is 0.334 e. The smallest absolute Gasteiger partial charge is 0.260 e. The van der Waals surface area contributed by atoms with Gasteiger partial charge in [-0.1, -0.05) is 42.2 Å². The standard InChI is InChI=1S/C10H11Cl2N3OS/c1-5(2)13-4-8-14-10(16-15-8)6-3-7(11)17-9(6)12/h3,5,13H,4H2,1-2H3. The van der Waals surface area contributed by atoms with E-state index in [2.05, 4.69) is 29.3 Å². The Kier molecular flexibility index (Phi) is 4.04. The van der Waals surface area contributed by atoms with Gasteiger partial charge in [0.2, 0.25) is 0 Å². The lowest BCUT2D eigenvalue weighted by atomic mass is 10.3. The molecule has 7 heteroatoms. The molecular weight excluding hydrogens is 281 g/mol. The van der Waals surface area contributed by atoms with Crippen LogP contribution < -0.4 is 5.32 Å².